The predicted octanol–water partition coefficient (Wildman–Crippen LogP) is 2.88. The zero-order valence-electron chi connectivity index (χ0n) is 12.3. The minimum atomic E-state index is -0.264. The van der Waals surface area contributed by atoms with Gasteiger partial charge < -0.3 is 5.32 Å². The molecule has 0 aliphatic heterocycles. The van der Waals surface area contributed by atoms with Crippen LogP contribution in [0.15, 0.2) is 29.3 Å². The largest absolute Gasteiger partial charge is 0.377 e. The number of rotatable bonds is 6. The molecule has 2 aromatic rings. The minimum absolute atomic E-state index is 0.174. The van der Waals surface area contributed by atoms with Crippen LogP contribution in [0.5, 0.6) is 0 Å². The molecule has 0 fully saturated rings. The van der Waals surface area contributed by atoms with Crippen molar-refractivity contribution in [1.29, 1.82) is 0 Å². The lowest BCUT2D eigenvalue weighted by Gasteiger charge is -2.11. The lowest BCUT2D eigenvalue weighted by Crippen LogP contribution is -2.24. The summed E-state index contributed by atoms with van der Waals surface area (Å²) in [6, 6.07) is 3.96. The van der Waals surface area contributed by atoms with Crippen LogP contribution in [0.25, 0.3) is 0 Å². The molecule has 0 saturated heterocycles. The van der Waals surface area contributed by atoms with Gasteiger partial charge >= 0.3 is 0 Å². The molecule has 5 nitrogen and oxygen atoms in total. The van der Waals surface area contributed by atoms with Crippen molar-refractivity contribution in [2.45, 2.75) is 39.8 Å². The van der Waals surface area contributed by atoms with Crippen LogP contribution < -0.4 is 10.9 Å². The summed E-state index contributed by atoms with van der Waals surface area (Å²) in [4.78, 5) is 16.4. The molecule has 0 amide bonds. The Kier molecular flexibility index (Phi) is 5.33. The van der Waals surface area contributed by atoms with Gasteiger partial charge in [0.2, 0.25) is 0 Å². The number of nitrogens with one attached hydrogen (secondary N) is 1. The normalized spacial score (nSPS) is 10.6. The molecule has 112 valence electrons. The standard InChI is InChI=1S/C15H19ClN4O/c1-3-8-20-15(21)14(16)13(10-19-20)18-9-12-11(4-2)6-5-7-17-12/h5-7,10,18H,3-4,8-9H2,1-2H3. The molecule has 0 aromatic carbocycles. The van der Waals surface area contributed by atoms with Crippen LogP contribution in [0.1, 0.15) is 31.5 Å². The van der Waals surface area contributed by atoms with Gasteiger partial charge in [-0.05, 0) is 24.5 Å². The van der Waals surface area contributed by atoms with Crippen molar-refractivity contribution in [3.63, 3.8) is 0 Å². The van der Waals surface area contributed by atoms with E-state index in [0.717, 1.165) is 18.5 Å². The first-order valence-corrected chi connectivity index (χ1v) is 7.47. The lowest BCUT2D eigenvalue weighted by molar-refractivity contribution is 0.568. The van der Waals surface area contributed by atoms with Crippen molar-refractivity contribution < 1.29 is 0 Å². The van der Waals surface area contributed by atoms with Crippen LogP contribution in [-0.4, -0.2) is 14.8 Å². The Bertz CT molecular complexity index is 669. The highest BCUT2D eigenvalue weighted by Crippen LogP contribution is 2.17. The van der Waals surface area contributed by atoms with Crippen LogP contribution in [0.4, 0.5) is 5.69 Å². The average Bonchev–Trinajstić information content (AvgIpc) is 2.51. The van der Waals surface area contributed by atoms with E-state index in [1.54, 1.807) is 12.4 Å². The molecule has 0 saturated carbocycles. The Labute approximate surface area is 129 Å². The molecule has 2 heterocycles. The van der Waals surface area contributed by atoms with Gasteiger partial charge in [0.1, 0.15) is 5.02 Å². The highest BCUT2D eigenvalue weighted by atomic mass is 35.5. The maximum absolute atomic E-state index is 12.0. The van der Waals surface area contributed by atoms with Crippen molar-refractivity contribution >= 4 is 17.3 Å². The predicted molar refractivity (Wildman–Crippen MR) is 84.7 cm³/mol. The number of hydrogen-bond acceptors (Lipinski definition) is 4. The molecule has 21 heavy (non-hydrogen) atoms. The van der Waals surface area contributed by atoms with Crippen LogP contribution in [-0.2, 0) is 19.5 Å². The molecule has 2 aromatic heterocycles. The zero-order chi connectivity index (χ0) is 15.2. The fourth-order valence-electron chi connectivity index (χ4n) is 2.09. The smallest absolute Gasteiger partial charge is 0.287 e. The molecular weight excluding hydrogens is 288 g/mol. The molecule has 6 heteroatoms. The number of nitrogens with zero attached hydrogens (tertiary/aromatic N) is 3. The second-order valence-corrected chi connectivity index (χ2v) is 5.09. The summed E-state index contributed by atoms with van der Waals surface area (Å²) in [5.41, 5.74) is 2.41. The van der Waals surface area contributed by atoms with Gasteiger partial charge in [-0.15, -0.1) is 0 Å². The van der Waals surface area contributed by atoms with Crippen molar-refractivity contribution in [3.05, 3.63) is 51.2 Å². The van der Waals surface area contributed by atoms with Crippen LogP contribution in [0.3, 0.4) is 0 Å². The minimum Gasteiger partial charge on any atom is -0.377 e. The van der Waals surface area contributed by atoms with E-state index in [1.807, 2.05) is 19.1 Å². The quantitative estimate of drug-likeness (QED) is 0.891. The Morgan fingerprint density at radius 3 is 2.90 bits per heavy atom. The SMILES string of the molecule is CCCn1ncc(NCc2ncccc2CC)c(Cl)c1=O. The number of halogens is 1. The molecule has 0 aliphatic carbocycles. The van der Waals surface area contributed by atoms with Gasteiger partial charge in [-0.25, -0.2) is 4.68 Å². The monoisotopic (exact) mass is 306 g/mol. The van der Waals surface area contributed by atoms with Gasteiger partial charge in [-0.1, -0.05) is 31.5 Å². The maximum Gasteiger partial charge on any atom is 0.287 e. The first kappa shape index (κ1) is 15.5. The lowest BCUT2D eigenvalue weighted by atomic mass is 10.1. The van der Waals surface area contributed by atoms with Crippen LogP contribution in [0.2, 0.25) is 5.02 Å². The van der Waals surface area contributed by atoms with E-state index in [9.17, 15) is 4.79 Å². The zero-order valence-corrected chi connectivity index (χ0v) is 13.0. The van der Waals surface area contributed by atoms with Crippen molar-refractivity contribution in [2.24, 2.45) is 0 Å². The average molecular weight is 307 g/mol. The third-order valence-electron chi connectivity index (χ3n) is 3.23. The fourth-order valence-corrected chi connectivity index (χ4v) is 2.30. The molecule has 0 spiro atoms. The van der Waals surface area contributed by atoms with E-state index >= 15 is 0 Å². The summed E-state index contributed by atoms with van der Waals surface area (Å²) in [6.45, 7) is 5.16. The molecule has 0 unspecified atom stereocenters. The molecule has 0 atom stereocenters. The Morgan fingerprint density at radius 1 is 1.38 bits per heavy atom. The molecule has 2 rings (SSSR count). The first-order valence-electron chi connectivity index (χ1n) is 7.09. The molecule has 1 N–H and O–H groups in total. The first-order chi connectivity index (χ1) is 10.2. The van der Waals surface area contributed by atoms with Crippen LogP contribution in [0, 0.1) is 0 Å². The summed E-state index contributed by atoms with van der Waals surface area (Å²) in [5, 5.41) is 7.44. The molecule has 0 aliphatic rings. The number of anilines is 1. The number of hydrogen-bond donors (Lipinski definition) is 1. The van der Waals surface area contributed by atoms with Gasteiger partial charge in [0.15, 0.2) is 0 Å². The number of pyridine rings is 1. The van der Waals surface area contributed by atoms with Gasteiger partial charge in [-0.2, -0.15) is 5.10 Å². The fraction of sp³-hybridized carbons (Fsp3) is 0.400. The van der Waals surface area contributed by atoms with Crippen LogP contribution >= 0.6 is 11.6 Å². The van der Waals surface area contributed by atoms with Crippen molar-refractivity contribution in [3.8, 4) is 0 Å². The summed E-state index contributed by atoms with van der Waals surface area (Å²) in [5.74, 6) is 0. The van der Waals surface area contributed by atoms with Gasteiger partial charge in [0.25, 0.3) is 5.56 Å². The van der Waals surface area contributed by atoms with Gasteiger partial charge in [-0.3, -0.25) is 9.78 Å². The third-order valence-corrected chi connectivity index (χ3v) is 3.60. The van der Waals surface area contributed by atoms with Crippen molar-refractivity contribution in [2.75, 3.05) is 5.32 Å². The summed E-state index contributed by atoms with van der Waals surface area (Å²) >= 11 is 6.12. The van der Waals surface area contributed by atoms with E-state index in [2.05, 4.69) is 22.3 Å². The van der Waals surface area contributed by atoms with E-state index < -0.39 is 0 Å². The summed E-state index contributed by atoms with van der Waals surface area (Å²) < 4.78 is 1.38. The van der Waals surface area contributed by atoms with Crippen molar-refractivity contribution in [1.82, 2.24) is 14.8 Å². The number of aromatic nitrogens is 3. The topological polar surface area (TPSA) is 59.8 Å². The second kappa shape index (κ2) is 7.22. The second-order valence-electron chi connectivity index (χ2n) is 4.72. The Morgan fingerprint density at radius 2 is 2.19 bits per heavy atom. The Balaban J connectivity index is 2.17. The van der Waals surface area contributed by atoms with Gasteiger partial charge in [0, 0.05) is 12.7 Å². The highest BCUT2D eigenvalue weighted by Gasteiger charge is 2.09. The molecular formula is C15H19ClN4O. The third kappa shape index (κ3) is 3.61. The van der Waals surface area contributed by atoms with E-state index in [1.165, 1.54) is 10.2 Å². The summed E-state index contributed by atoms with van der Waals surface area (Å²) in [6.07, 6.45) is 5.10. The van der Waals surface area contributed by atoms with E-state index in [4.69, 9.17) is 11.6 Å². The van der Waals surface area contributed by atoms with Gasteiger partial charge in [0.05, 0.1) is 24.1 Å². The maximum atomic E-state index is 12.0. The van der Waals surface area contributed by atoms with E-state index in [-0.39, 0.29) is 10.6 Å². The highest BCUT2D eigenvalue weighted by molar-refractivity contribution is 6.32. The number of aryl methyl sites for hydroxylation is 2. The Hall–Kier alpha value is -1.88. The molecule has 0 radical (unpaired) electrons. The molecule has 0 bridgehead atoms. The van der Waals surface area contributed by atoms with E-state index in [0.29, 0.717) is 18.8 Å². The summed E-state index contributed by atoms with van der Waals surface area (Å²) in [7, 11) is 0.